The first-order chi connectivity index (χ1) is 16.3. The number of carboxylic acid groups (broad SMARTS) is 1. The van der Waals surface area contributed by atoms with Crippen molar-refractivity contribution in [2.24, 2.45) is 0 Å². The van der Waals surface area contributed by atoms with Gasteiger partial charge in [0.1, 0.15) is 0 Å². The minimum atomic E-state index is -3.65. The van der Waals surface area contributed by atoms with E-state index in [1.54, 1.807) is 23.1 Å². The van der Waals surface area contributed by atoms with Crippen molar-refractivity contribution in [3.63, 3.8) is 0 Å². The third-order valence-electron chi connectivity index (χ3n) is 6.24. The highest BCUT2D eigenvalue weighted by molar-refractivity contribution is 7.89. The molecule has 1 aromatic carbocycles. The number of hydrogen-bond donors (Lipinski definition) is 2. The van der Waals surface area contributed by atoms with Crippen LogP contribution in [0, 0.1) is 0 Å². The van der Waals surface area contributed by atoms with Crippen molar-refractivity contribution < 1.29 is 33.0 Å². The summed E-state index contributed by atoms with van der Waals surface area (Å²) in [6.07, 6.45) is 6.86. The molecule has 2 aliphatic rings. The Balaban J connectivity index is 1.57. The molecule has 0 aliphatic carbocycles. The number of benzene rings is 1. The number of aliphatic hydroxyl groups excluding tert-OH is 1. The van der Waals surface area contributed by atoms with Gasteiger partial charge in [-0.2, -0.15) is 4.31 Å². The Kier molecular flexibility index (Phi) is 9.63. The fourth-order valence-corrected chi connectivity index (χ4v) is 5.76. The van der Waals surface area contributed by atoms with Gasteiger partial charge in [0.2, 0.25) is 15.9 Å². The minimum Gasteiger partial charge on any atom is -0.481 e. The van der Waals surface area contributed by atoms with Crippen molar-refractivity contribution in [1.29, 1.82) is 0 Å². The molecule has 0 bridgehead atoms. The summed E-state index contributed by atoms with van der Waals surface area (Å²) in [5.41, 5.74) is 0.472. The van der Waals surface area contributed by atoms with Gasteiger partial charge in [0.05, 0.1) is 30.3 Å². The molecule has 9 nitrogen and oxygen atoms in total. The molecular weight excluding hydrogens is 460 g/mol. The molecule has 1 amide bonds. The average Bonchev–Trinajstić information content (AvgIpc) is 3.19. The van der Waals surface area contributed by atoms with Crippen LogP contribution in [0.3, 0.4) is 0 Å². The molecule has 3 rings (SSSR count). The van der Waals surface area contributed by atoms with Gasteiger partial charge in [-0.3, -0.25) is 9.59 Å². The van der Waals surface area contributed by atoms with Gasteiger partial charge in [0.15, 0.2) is 0 Å². The largest absolute Gasteiger partial charge is 0.481 e. The summed E-state index contributed by atoms with van der Waals surface area (Å²) in [6.45, 7) is 1.94. The summed E-state index contributed by atoms with van der Waals surface area (Å²) in [6, 6.07) is 6.21. The zero-order valence-electron chi connectivity index (χ0n) is 19.3. The van der Waals surface area contributed by atoms with Crippen molar-refractivity contribution in [3.8, 4) is 0 Å². The van der Waals surface area contributed by atoms with Crippen LogP contribution in [0.5, 0.6) is 0 Å². The Morgan fingerprint density at radius 2 is 1.91 bits per heavy atom. The first kappa shape index (κ1) is 26.3. The van der Waals surface area contributed by atoms with E-state index in [4.69, 9.17) is 9.84 Å². The van der Waals surface area contributed by atoms with Crippen LogP contribution in [-0.2, 0) is 24.3 Å². The van der Waals surface area contributed by atoms with Gasteiger partial charge >= 0.3 is 5.97 Å². The molecule has 1 unspecified atom stereocenters. The second kappa shape index (κ2) is 12.4. The minimum absolute atomic E-state index is 0.0771. The predicted molar refractivity (Wildman–Crippen MR) is 126 cm³/mol. The molecule has 0 radical (unpaired) electrons. The monoisotopic (exact) mass is 494 g/mol. The zero-order valence-corrected chi connectivity index (χ0v) is 20.2. The van der Waals surface area contributed by atoms with Gasteiger partial charge in [-0.05, 0) is 37.0 Å². The van der Waals surface area contributed by atoms with E-state index in [0.717, 1.165) is 19.3 Å². The molecule has 0 aromatic heterocycles. The number of unbranched alkanes of at least 4 members (excludes halogenated alkanes) is 3. The third-order valence-corrected chi connectivity index (χ3v) is 8.13. The number of carboxylic acids is 1. The lowest BCUT2D eigenvalue weighted by Crippen LogP contribution is -2.40. The summed E-state index contributed by atoms with van der Waals surface area (Å²) in [4.78, 5) is 24.8. The van der Waals surface area contributed by atoms with Crippen LogP contribution < -0.4 is 0 Å². The summed E-state index contributed by atoms with van der Waals surface area (Å²) in [5, 5.41) is 19.4. The highest BCUT2D eigenvalue weighted by Gasteiger charge is 2.29. The lowest BCUT2D eigenvalue weighted by molar-refractivity contribution is -0.137. The van der Waals surface area contributed by atoms with Crippen molar-refractivity contribution in [1.82, 2.24) is 9.21 Å². The van der Waals surface area contributed by atoms with Crippen LogP contribution in [0.1, 0.15) is 56.6 Å². The smallest absolute Gasteiger partial charge is 0.303 e. The molecule has 2 atom stereocenters. The quantitative estimate of drug-likeness (QED) is 0.337. The SMILES string of the molecule is O=C(O)CCCCCCN1C(=O)CC[C@@H]1C=CC(O)c1cccc(S(=O)(=O)N2CCOCC2)c1. The molecule has 188 valence electrons. The van der Waals surface area contributed by atoms with E-state index >= 15 is 0 Å². The Hall–Kier alpha value is -2.27. The van der Waals surface area contributed by atoms with Gasteiger partial charge < -0.3 is 19.8 Å². The van der Waals surface area contributed by atoms with E-state index in [1.165, 1.54) is 16.4 Å². The number of carbonyl (C=O) groups excluding carboxylic acids is 1. The summed E-state index contributed by atoms with van der Waals surface area (Å²) in [5.74, 6) is -0.712. The molecule has 34 heavy (non-hydrogen) atoms. The highest BCUT2D eigenvalue weighted by Crippen LogP contribution is 2.25. The zero-order chi connectivity index (χ0) is 24.6. The Morgan fingerprint density at radius 1 is 1.18 bits per heavy atom. The number of nitrogens with zero attached hydrogens (tertiary/aromatic N) is 2. The van der Waals surface area contributed by atoms with Crippen molar-refractivity contribution in [2.45, 2.75) is 62.0 Å². The second-order valence-corrected chi connectivity index (χ2v) is 10.6. The number of likely N-dealkylation sites (tertiary alicyclic amines) is 1. The lowest BCUT2D eigenvalue weighted by Gasteiger charge is -2.26. The van der Waals surface area contributed by atoms with Gasteiger partial charge in [-0.1, -0.05) is 37.1 Å². The summed E-state index contributed by atoms with van der Waals surface area (Å²) >= 11 is 0. The third kappa shape index (κ3) is 7.11. The van der Waals surface area contributed by atoms with Crippen LogP contribution in [0.2, 0.25) is 0 Å². The van der Waals surface area contributed by atoms with Crippen LogP contribution in [0.4, 0.5) is 0 Å². The number of hydrogen-bond acceptors (Lipinski definition) is 6. The van der Waals surface area contributed by atoms with Crippen LogP contribution >= 0.6 is 0 Å². The maximum Gasteiger partial charge on any atom is 0.303 e. The highest BCUT2D eigenvalue weighted by atomic mass is 32.2. The first-order valence-corrected chi connectivity index (χ1v) is 13.3. The summed E-state index contributed by atoms with van der Waals surface area (Å²) in [7, 11) is -3.65. The number of aliphatic hydroxyl groups is 1. The van der Waals surface area contributed by atoms with Gasteiger partial charge in [-0.25, -0.2) is 8.42 Å². The van der Waals surface area contributed by atoms with Crippen molar-refractivity contribution in [2.75, 3.05) is 32.8 Å². The standard InChI is InChI=1S/C24H34N2O7S/c27-22(19-6-5-7-21(18-19)34(31,32)25-14-16-33-17-15-25)11-9-20-10-12-23(28)26(20)13-4-2-1-3-8-24(29)30/h5-7,9,11,18,20,22,27H,1-4,8,10,12-17H2,(H,29,30)/t20-,22?/m0/s1. The topological polar surface area (TPSA) is 124 Å². The van der Waals surface area contributed by atoms with Gasteiger partial charge in [0.25, 0.3) is 0 Å². The molecule has 2 saturated heterocycles. The van der Waals surface area contributed by atoms with Crippen molar-refractivity contribution >= 4 is 21.9 Å². The number of morpholine rings is 1. The van der Waals surface area contributed by atoms with E-state index in [1.807, 2.05) is 6.08 Å². The number of aliphatic carboxylic acids is 1. The first-order valence-electron chi connectivity index (χ1n) is 11.8. The number of carbonyl (C=O) groups is 2. The Labute approximate surface area is 201 Å². The van der Waals surface area contributed by atoms with Crippen LogP contribution in [0.25, 0.3) is 0 Å². The molecule has 10 heteroatoms. The lowest BCUT2D eigenvalue weighted by atomic mass is 10.1. The second-order valence-electron chi connectivity index (χ2n) is 8.67. The molecule has 0 saturated carbocycles. The van der Waals surface area contributed by atoms with Gasteiger partial charge in [0, 0.05) is 32.5 Å². The number of amides is 1. The van der Waals surface area contributed by atoms with E-state index < -0.39 is 22.1 Å². The molecule has 2 N–H and O–H groups in total. The molecule has 1 aromatic rings. The maximum absolute atomic E-state index is 12.9. The Bertz CT molecular complexity index is 973. The summed E-state index contributed by atoms with van der Waals surface area (Å²) < 4.78 is 32.4. The van der Waals surface area contributed by atoms with Gasteiger partial charge in [-0.15, -0.1) is 0 Å². The Morgan fingerprint density at radius 3 is 2.65 bits per heavy atom. The molecular formula is C24H34N2O7S. The number of ether oxygens (including phenoxy) is 1. The van der Waals surface area contributed by atoms with E-state index in [-0.39, 0.29) is 23.3 Å². The molecule has 2 aliphatic heterocycles. The normalized spacial score (nSPS) is 20.8. The van der Waals surface area contributed by atoms with E-state index in [2.05, 4.69) is 0 Å². The van der Waals surface area contributed by atoms with E-state index in [0.29, 0.717) is 57.7 Å². The average molecular weight is 495 g/mol. The molecule has 0 spiro atoms. The van der Waals surface area contributed by atoms with E-state index in [9.17, 15) is 23.1 Å². The van der Waals surface area contributed by atoms with Crippen LogP contribution in [0.15, 0.2) is 41.3 Å². The number of sulfonamides is 1. The van der Waals surface area contributed by atoms with Crippen molar-refractivity contribution in [3.05, 3.63) is 42.0 Å². The molecule has 2 fully saturated rings. The predicted octanol–water partition coefficient (Wildman–Crippen LogP) is 2.32. The maximum atomic E-state index is 12.9. The fraction of sp³-hybridized carbons (Fsp3) is 0.583. The van der Waals surface area contributed by atoms with Crippen LogP contribution in [-0.4, -0.2) is 78.6 Å². The molecule has 2 heterocycles. The fourth-order valence-electron chi connectivity index (χ4n) is 4.30. The number of rotatable bonds is 12.